The second kappa shape index (κ2) is 6.46. The number of hydrogen-bond donors (Lipinski definition) is 1. The topological polar surface area (TPSA) is 24.5 Å². The Morgan fingerprint density at radius 3 is 2.80 bits per heavy atom. The second-order valence-electron chi connectivity index (χ2n) is 4.82. The molecular formula is C12H26N2O. The van der Waals surface area contributed by atoms with Crippen LogP contribution in [0.5, 0.6) is 0 Å². The zero-order chi connectivity index (χ0) is 11.3. The predicted molar refractivity (Wildman–Crippen MR) is 64.2 cm³/mol. The molecule has 1 saturated heterocycles. The van der Waals surface area contributed by atoms with Gasteiger partial charge in [-0.1, -0.05) is 6.92 Å². The van der Waals surface area contributed by atoms with Gasteiger partial charge in [-0.15, -0.1) is 0 Å². The van der Waals surface area contributed by atoms with Crippen molar-refractivity contribution < 1.29 is 4.74 Å². The van der Waals surface area contributed by atoms with E-state index < -0.39 is 0 Å². The Labute approximate surface area is 94.2 Å². The number of nitrogens with one attached hydrogen (secondary N) is 1. The van der Waals surface area contributed by atoms with E-state index in [9.17, 15) is 0 Å². The Morgan fingerprint density at radius 2 is 2.20 bits per heavy atom. The third-order valence-electron chi connectivity index (χ3n) is 3.34. The normalized spacial score (nSPS) is 27.6. The van der Waals surface area contributed by atoms with E-state index in [0.717, 1.165) is 32.7 Å². The minimum absolute atomic E-state index is 0.620. The first-order valence-corrected chi connectivity index (χ1v) is 6.16. The molecule has 1 aliphatic rings. The van der Waals surface area contributed by atoms with E-state index in [1.54, 1.807) is 0 Å². The monoisotopic (exact) mass is 214 g/mol. The summed E-state index contributed by atoms with van der Waals surface area (Å²) in [5, 5.41) is 3.57. The maximum absolute atomic E-state index is 5.57. The Morgan fingerprint density at radius 1 is 1.47 bits per heavy atom. The summed E-state index contributed by atoms with van der Waals surface area (Å²) in [4.78, 5) is 2.41. The molecular weight excluding hydrogens is 188 g/mol. The van der Waals surface area contributed by atoms with Gasteiger partial charge in [0.2, 0.25) is 0 Å². The van der Waals surface area contributed by atoms with E-state index in [-0.39, 0.29) is 0 Å². The van der Waals surface area contributed by atoms with Crippen LogP contribution in [0.1, 0.15) is 27.2 Å². The van der Waals surface area contributed by atoms with E-state index in [1.807, 2.05) is 0 Å². The van der Waals surface area contributed by atoms with Crippen molar-refractivity contribution in [3.63, 3.8) is 0 Å². The van der Waals surface area contributed by atoms with Crippen molar-refractivity contribution in [3.05, 3.63) is 0 Å². The lowest BCUT2D eigenvalue weighted by atomic mass is 9.95. The van der Waals surface area contributed by atoms with Crippen molar-refractivity contribution in [1.29, 1.82) is 0 Å². The van der Waals surface area contributed by atoms with Gasteiger partial charge in [0, 0.05) is 31.2 Å². The van der Waals surface area contributed by atoms with Crippen LogP contribution in [0.15, 0.2) is 0 Å². The molecule has 3 nitrogen and oxygen atoms in total. The second-order valence-corrected chi connectivity index (χ2v) is 4.82. The number of nitrogens with zero attached hydrogens (tertiary/aromatic N) is 1. The first-order valence-electron chi connectivity index (χ1n) is 6.16. The molecule has 1 fully saturated rings. The first kappa shape index (κ1) is 12.9. The van der Waals surface area contributed by atoms with Crippen LogP contribution in [0.25, 0.3) is 0 Å². The minimum atomic E-state index is 0.620. The van der Waals surface area contributed by atoms with E-state index in [2.05, 4.69) is 38.0 Å². The van der Waals surface area contributed by atoms with E-state index >= 15 is 0 Å². The summed E-state index contributed by atoms with van der Waals surface area (Å²) in [6, 6.07) is 1.26. The van der Waals surface area contributed by atoms with Crippen molar-refractivity contribution in [1.82, 2.24) is 10.2 Å². The van der Waals surface area contributed by atoms with Crippen molar-refractivity contribution in [2.75, 3.05) is 33.4 Å². The van der Waals surface area contributed by atoms with Gasteiger partial charge < -0.3 is 15.0 Å². The summed E-state index contributed by atoms with van der Waals surface area (Å²) in [6.45, 7) is 10.7. The first-order chi connectivity index (χ1) is 7.15. The molecule has 0 amide bonds. The van der Waals surface area contributed by atoms with Crippen LogP contribution in [0.3, 0.4) is 0 Å². The van der Waals surface area contributed by atoms with Gasteiger partial charge in [-0.3, -0.25) is 0 Å². The molecule has 15 heavy (non-hydrogen) atoms. The Hall–Kier alpha value is -0.120. The molecule has 1 rings (SSSR count). The fraction of sp³-hybridized carbons (Fsp3) is 1.00. The van der Waals surface area contributed by atoms with Crippen molar-refractivity contribution in [2.45, 2.75) is 39.3 Å². The van der Waals surface area contributed by atoms with Gasteiger partial charge in [0.15, 0.2) is 0 Å². The van der Waals surface area contributed by atoms with Gasteiger partial charge in [0.1, 0.15) is 0 Å². The summed E-state index contributed by atoms with van der Waals surface area (Å²) in [5.74, 6) is 0.645. The Kier molecular flexibility index (Phi) is 5.58. The molecule has 2 atom stereocenters. The number of hydrogen-bond acceptors (Lipinski definition) is 3. The van der Waals surface area contributed by atoms with Gasteiger partial charge in [-0.05, 0) is 33.9 Å². The molecule has 0 bridgehead atoms. The quantitative estimate of drug-likeness (QED) is 0.747. The SMILES string of the molecule is CCNC1CCOCC1CN(C)C(C)C. The molecule has 0 radical (unpaired) electrons. The molecule has 0 aliphatic carbocycles. The summed E-state index contributed by atoms with van der Waals surface area (Å²) < 4.78 is 5.57. The largest absolute Gasteiger partial charge is 0.381 e. The van der Waals surface area contributed by atoms with Gasteiger partial charge in [0.25, 0.3) is 0 Å². The number of rotatable bonds is 5. The van der Waals surface area contributed by atoms with Crippen LogP contribution in [0.4, 0.5) is 0 Å². The lowest BCUT2D eigenvalue weighted by Crippen LogP contribution is -2.48. The van der Waals surface area contributed by atoms with Crippen molar-refractivity contribution in [2.24, 2.45) is 5.92 Å². The number of ether oxygens (including phenoxy) is 1. The fourth-order valence-corrected chi connectivity index (χ4v) is 2.09. The molecule has 1 N–H and O–H groups in total. The maximum atomic E-state index is 5.57. The molecule has 0 spiro atoms. The standard InChI is InChI=1S/C12H26N2O/c1-5-13-12-6-7-15-9-11(12)8-14(4)10(2)3/h10-13H,5-9H2,1-4H3. The molecule has 0 saturated carbocycles. The Balaban J connectivity index is 2.41. The van der Waals surface area contributed by atoms with Crippen LogP contribution >= 0.6 is 0 Å². The summed E-state index contributed by atoms with van der Waals surface area (Å²) >= 11 is 0. The molecule has 3 heteroatoms. The van der Waals surface area contributed by atoms with E-state index in [4.69, 9.17) is 4.74 Å². The van der Waals surface area contributed by atoms with E-state index in [0.29, 0.717) is 18.0 Å². The van der Waals surface area contributed by atoms with Crippen LogP contribution < -0.4 is 5.32 Å². The third kappa shape index (κ3) is 4.09. The highest BCUT2D eigenvalue weighted by Gasteiger charge is 2.26. The van der Waals surface area contributed by atoms with Crippen LogP contribution in [0, 0.1) is 5.92 Å². The van der Waals surface area contributed by atoms with Crippen LogP contribution in [-0.4, -0.2) is 50.3 Å². The van der Waals surface area contributed by atoms with Crippen LogP contribution in [0.2, 0.25) is 0 Å². The average molecular weight is 214 g/mol. The summed E-state index contributed by atoms with van der Waals surface area (Å²) in [6.07, 6.45) is 1.16. The fourth-order valence-electron chi connectivity index (χ4n) is 2.09. The molecule has 1 heterocycles. The lowest BCUT2D eigenvalue weighted by molar-refractivity contribution is 0.0168. The molecule has 0 aromatic rings. The summed E-state index contributed by atoms with van der Waals surface area (Å²) in [7, 11) is 2.20. The zero-order valence-electron chi connectivity index (χ0n) is 10.6. The summed E-state index contributed by atoms with van der Waals surface area (Å²) in [5.41, 5.74) is 0. The molecule has 2 unspecified atom stereocenters. The molecule has 0 aromatic carbocycles. The molecule has 0 aromatic heterocycles. The van der Waals surface area contributed by atoms with Gasteiger partial charge in [-0.25, -0.2) is 0 Å². The predicted octanol–water partition coefficient (Wildman–Crippen LogP) is 1.34. The third-order valence-corrected chi connectivity index (χ3v) is 3.34. The van der Waals surface area contributed by atoms with Gasteiger partial charge in [-0.2, -0.15) is 0 Å². The van der Waals surface area contributed by atoms with Crippen LogP contribution in [-0.2, 0) is 4.74 Å². The molecule has 1 aliphatic heterocycles. The highest BCUT2D eigenvalue weighted by molar-refractivity contribution is 4.81. The maximum Gasteiger partial charge on any atom is 0.0521 e. The Bertz CT molecular complexity index is 171. The minimum Gasteiger partial charge on any atom is -0.381 e. The van der Waals surface area contributed by atoms with Crippen molar-refractivity contribution >= 4 is 0 Å². The lowest BCUT2D eigenvalue weighted by Gasteiger charge is -2.35. The van der Waals surface area contributed by atoms with Crippen molar-refractivity contribution in [3.8, 4) is 0 Å². The molecule has 90 valence electrons. The smallest absolute Gasteiger partial charge is 0.0521 e. The highest BCUT2D eigenvalue weighted by Crippen LogP contribution is 2.16. The van der Waals surface area contributed by atoms with Gasteiger partial charge in [0.05, 0.1) is 6.61 Å². The average Bonchev–Trinajstić information content (AvgIpc) is 2.21. The van der Waals surface area contributed by atoms with E-state index in [1.165, 1.54) is 0 Å². The highest BCUT2D eigenvalue weighted by atomic mass is 16.5. The van der Waals surface area contributed by atoms with Gasteiger partial charge >= 0.3 is 0 Å². The zero-order valence-corrected chi connectivity index (χ0v) is 10.6.